The van der Waals surface area contributed by atoms with Crippen molar-refractivity contribution in [2.75, 3.05) is 6.54 Å². The Balaban J connectivity index is 2.04. The number of carbonyl (C=O) groups excluding carboxylic acids is 1. The Bertz CT molecular complexity index is 529. The van der Waals surface area contributed by atoms with E-state index in [0.29, 0.717) is 13.0 Å². The van der Waals surface area contributed by atoms with Gasteiger partial charge >= 0.3 is 12.0 Å². The predicted octanol–water partition coefficient (Wildman–Crippen LogP) is 2.08. The van der Waals surface area contributed by atoms with Gasteiger partial charge in [-0.15, -0.1) is 11.3 Å². The molecule has 2 atom stereocenters. The molecule has 110 valence electrons. The summed E-state index contributed by atoms with van der Waals surface area (Å²) in [6.07, 6.45) is 1.26. The molecule has 0 spiro atoms. The van der Waals surface area contributed by atoms with Crippen LogP contribution in [0.3, 0.4) is 0 Å². The highest BCUT2D eigenvalue weighted by Crippen LogP contribution is 2.25. The van der Waals surface area contributed by atoms with Gasteiger partial charge in [-0.05, 0) is 33.6 Å². The first kappa shape index (κ1) is 14.8. The van der Waals surface area contributed by atoms with Crippen LogP contribution in [0.1, 0.15) is 41.4 Å². The second-order valence-corrected chi connectivity index (χ2v) is 6.28. The third kappa shape index (κ3) is 2.92. The fourth-order valence-corrected chi connectivity index (χ4v) is 3.48. The highest BCUT2D eigenvalue weighted by Gasteiger charge is 2.34. The Morgan fingerprint density at radius 3 is 2.75 bits per heavy atom. The SMILES string of the molecule is Cc1nc(C)c(C(C)NC(=O)N2CCCC2C(=O)O)s1. The number of nitrogens with zero attached hydrogens (tertiary/aromatic N) is 2. The zero-order valence-corrected chi connectivity index (χ0v) is 12.7. The monoisotopic (exact) mass is 297 g/mol. The Labute approximate surface area is 121 Å². The van der Waals surface area contributed by atoms with Crippen LogP contribution in [0.15, 0.2) is 0 Å². The molecule has 1 aromatic heterocycles. The third-order valence-corrected chi connectivity index (χ3v) is 4.73. The van der Waals surface area contributed by atoms with Gasteiger partial charge < -0.3 is 15.3 Å². The number of likely N-dealkylation sites (tertiary alicyclic amines) is 1. The summed E-state index contributed by atoms with van der Waals surface area (Å²) in [4.78, 5) is 30.1. The number of urea groups is 1. The number of carboxylic acids is 1. The minimum Gasteiger partial charge on any atom is -0.480 e. The first-order chi connectivity index (χ1) is 9.40. The number of nitrogens with one attached hydrogen (secondary N) is 1. The molecule has 7 heteroatoms. The smallest absolute Gasteiger partial charge is 0.326 e. The molecule has 1 fully saturated rings. The molecule has 1 aromatic rings. The molecule has 2 heterocycles. The molecule has 2 unspecified atom stereocenters. The average molecular weight is 297 g/mol. The van der Waals surface area contributed by atoms with Crippen LogP contribution in [0, 0.1) is 13.8 Å². The standard InChI is InChI=1S/C13H19N3O3S/c1-7-11(20-9(3)14-7)8(2)15-13(19)16-6-4-5-10(16)12(17)18/h8,10H,4-6H2,1-3H3,(H,15,19)(H,17,18). The van der Waals surface area contributed by atoms with Crippen molar-refractivity contribution in [3.63, 3.8) is 0 Å². The summed E-state index contributed by atoms with van der Waals surface area (Å²) in [5.41, 5.74) is 0.913. The number of rotatable bonds is 3. The average Bonchev–Trinajstić information content (AvgIpc) is 2.95. The van der Waals surface area contributed by atoms with Crippen molar-refractivity contribution in [2.45, 2.75) is 45.7 Å². The van der Waals surface area contributed by atoms with Crippen molar-refractivity contribution in [1.29, 1.82) is 0 Å². The predicted molar refractivity (Wildman–Crippen MR) is 75.9 cm³/mol. The lowest BCUT2D eigenvalue weighted by Crippen LogP contribution is -2.46. The second kappa shape index (κ2) is 5.78. The van der Waals surface area contributed by atoms with Crippen molar-refractivity contribution in [1.82, 2.24) is 15.2 Å². The van der Waals surface area contributed by atoms with Gasteiger partial charge in [-0.25, -0.2) is 14.6 Å². The number of carboxylic acid groups (broad SMARTS) is 1. The summed E-state index contributed by atoms with van der Waals surface area (Å²) < 4.78 is 0. The fraction of sp³-hybridized carbons (Fsp3) is 0.615. The fourth-order valence-electron chi connectivity index (χ4n) is 2.55. The molecule has 0 radical (unpaired) electrons. The van der Waals surface area contributed by atoms with Crippen molar-refractivity contribution in [2.24, 2.45) is 0 Å². The molecule has 0 aromatic carbocycles. The van der Waals surface area contributed by atoms with Gasteiger partial charge in [0.25, 0.3) is 0 Å². The van der Waals surface area contributed by atoms with Crippen LogP contribution in [0.25, 0.3) is 0 Å². The molecule has 0 bridgehead atoms. The van der Waals surface area contributed by atoms with Crippen LogP contribution in [0.4, 0.5) is 4.79 Å². The molecule has 1 aliphatic rings. The molecule has 6 nitrogen and oxygen atoms in total. The van der Waals surface area contributed by atoms with Crippen LogP contribution < -0.4 is 5.32 Å². The number of aliphatic carboxylic acids is 1. The van der Waals surface area contributed by atoms with Crippen molar-refractivity contribution < 1.29 is 14.7 Å². The summed E-state index contributed by atoms with van der Waals surface area (Å²) in [7, 11) is 0. The maximum Gasteiger partial charge on any atom is 0.326 e. The second-order valence-electron chi connectivity index (χ2n) is 5.04. The van der Waals surface area contributed by atoms with Gasteiger partial charge in [-0.1, -0.05) is 0 Å². The van der Waals surface area contributed by atoms with Crippen molar-refractivity contribution in [3.8, 4) is 0 Å². The van der Waals surface area contributed by atoms with E-state index < -0.39 is 12.0 Å². The summed E-state index contributed by atoms with van der Waals surface area (Å²) in [5, 5.41) is 12.9. The Hall–Kier alpha value is -1.63. The van der Waals surface area contributed by atoms with E-state index in [1.807, 2.05) is 20.8 Å². The molecule has 0 aliphatic carbocycles. The molecule has 2 rings (SSSR count). The highest BCUT2D eigenvalue weighted by atomic mass is 32.1. The quantitative estimate of drug-likeness (QED) is 0.895. The summed E-state index contributed by atoms with van der Waals surface area (Å²) in [6.45, 7) is 6.23. The normalized spacial score (nSPS) is 19.9. The molecule has 20 heavy (non-hydrogen) atoms. The van der Waals surface area contributed by atoms with Gasteiger partial charge in [0.2, 0.25) is 0 Å². The molecule has 2 amide bonds. The summed E-state index contributed by atoms with van der Waals surface area (Å²) in [6, 6.07) is -1.18. The first-order valence-electron chi connectivity index (χ1n) is 6.64. The van der Waals surface area contributed by atoms with Gasteiger partial charge in [-0.3, -0.25) is 0 Å². The highest BCUT2D eigenvalue weighted by molar-refractivity contribution is 7.11. The van der Waals surface area contributed by atoms with Gasteiger partial charge in [0.15, 0.2) is 0 Å². The lowest BCUT2D eigenvalue weighted by atomic mass is 10.2. The van der Waals surface area contributed by atoms with E-state index in [2.05, 4.69) is 10.3 Å². The van der Waals surface area contributed by atoms with Gasteiger partial charge in [0, 0.05) is 11.4 Å². The Kier molecular flexibility index (Phi) is 4.27. The molecule has 2 N–H and O–H groups in total. The molecule has 1 aliphatic heterocycles. The molecule has 0 saturated carbocycles. The van der Waals surface area contributed by atoms with E-state index in [4.69, 9.17) is 5.11 Å². The van der Waals surface area contributed by atoms with E-state index in [9.17, 15) is 9.59 Å². The van der Waals surface area contributed by atoms with E-state index in [1.165, 1.54) is 4.90 Å². The number of amides is 2. The number of thiazole rings is 1. The lowest BCUT2D eigenvalue weighted by Gasteiger charge is -2.24. The third-order valence-electron chi connectivity index (χ3n) is 3.47. The zero-order chi connectivity index (χ0) is 14.9. The zero-order valence-electron chi connectivity index (χ0n) is 11.8. The maximum atomic E-state index is 12.2. The summed E-state index contributed by atoms with van der Waals surface area (Å²) in [5.74, 6) is -0.935. The van der Waals surface area contributed by atoms with E-state index in [-0.39, 0.29) is 12.1 Å². The van der Waals surface area contributed by atoms with Gasteiger partial charge in [-0.2, -0.15) is 0 Å². The topological polar surface area (TPSA) is 82.5 Å². The minimum atomic E-state index is -0.935. The van der Waals surface area contributed by atoms with Crippen LogP contribution in [0.5, 0.6) is 0 Å². The van der Waals surface area contributed by atoms with E-state index in [1.54, 1.807) is 11.3 Å². The summed E-state index contributed by atoms with van der Waals surface area (Å²) >= 11 is 1.55. The molecular weight excluding hydrogens is 278 g/mol. The van der Waals surface area contributed by atoms with Crippen LogP contribution in [-0.2, 0) is 4.79 Å². The van der Waals surface area contributed by atoms with Crippen LogP contribution in [-0.4, -0.2) is 39.6 Å². The van der Waals surface area contributed by atoms with Crippen molar-refractivity contribution >= 4 is 23.3 Å². The van der Waals surface area contributed by atoms with E-state index >= 15 is 0 Å². The maximum absolute atomic E-state index is 12.2. The number of carbonyl (C=O) groups is 2. The molecule has 1 saturated heterocycles. The first-order valence-corrected chi connectivity index (χ1v) is 7.45. The van der Waals surface area contributed by atoms with E-state index in [0.717, 1.165) is 22.0 Å². The van der Waals surface area contributed by atoms with Crippen LogP contribution >= 0.6 is 11.3 Å². The number of aryl methyl sites for hydroxylation is 2. The Morgan fingerprint density at radius 2 is 2.20 bits per heavy atom. The van der Waals surface area contributed by atoms with Gasteiger partial charge in [0.1, 0.15) is 6.04 Å². The number of hydrogen-bond donors (Lipinski definition) is 2. The lowest BCUT2D eigenvalue weighted by molar-refractivity contribution is -0.141. The molecular formula is C13H19N3O3S. The number of hydrogen-bond acceptors (Lipinski definition) is 4. The number of aromatic nitrogens is 1. The van der Waals surface area contributed by atoms with Crippen LogP contribution in [0.2, 0.25) is 0 Å². The van der Waals surface area contributed by atoms with Gasteiger partial charge in [0.05, 0.1) is 16.7 Å². The van der Waals surface area contributed by atoms with Crippen molar-refractivity contribution in [3.05, 3.63) is 15.6 Å². The minimum absolute atomic E-state index is 0.163. The Morgan fingerprint density at radius 1 is 1.50 bits per heavy atom. The largest absolute Gasteiger partial charge is 0.480 e.